The highest BCUT2D eigenvalue weighted by atomic mass is 32.2. The first-order valence-electron chi connectivity index (χ1n) is 7.90. The molecular weight excluding hydrogens is 324 g/mol. The molecular formula is C17H20N4O2S. The van der Waals surface area contributed by atoms with Gasteiger partial charge in [0.1, 0.15) is 10.8 Å². The van der Waals surface area contributed by atoms with Crippen LogP contribution in [0.25, 0.3) is 22.1 Å². The summed E-state index contributed by atoms with van der Waals surface area (Å²) in [5.41, 5.74) is 3.55. The molecule has 0 spiro atoms. The summed E-state index contributed by atoms with van der Waals surface area (Å²) < 4.78 is 5.24. The summed E-state index contributed by atoms with van der Waals surface area (Å²) in [5.74, 6) is 0.0555. The molecule has 1 aromatic carbocycles. The number of thioether (sulfide) groups is 1. The van der Waals surface area contributed by atoms with Crippen molar-refractivity contribution in [2.24, 2.45) is 5.92 Å². The number of ether oxygens (including phenoxy) is 1. The first kappa shape index (κ1) is 16.7. The number of H-pyrrole nitrogens is 1. The van der Waals surface area contributed by atoms with Gasteiger partial charge < -0.3 is 9.72 Å². The van der Waals surface area contributed by atoms with Gasteiger partial charge in [0.25, 0.3) is 0 Å². The smallest absolute Gasteiger partial charge is 0.319 e. The summed E-state index contributed by atoms with van der Waals surface area (Å²) in [6.07, 6.45) is 0. The van der Waals surface area contributed by atoms with E-state index in [-0.39, 0.29) is 11.2 Å². The molecule has 1 unspecified atom stereocenters. The van der Waals surface area contributed by atoms with E-state index in [1.165, 1.54) is 11.8 Å². The normalized spacial score (nSPS) is 12.9. The number of aryl methyl sites for hydroxylation is 1. The molecule has 0 aliphatic rings. The lowest BCUT2D eigenvalue weighted by Crippen LogP contribution is -2.19. The highest BCUT2D eigenvalue weighted by Crippen LogP contribution is 2.26. The first-order valence-corrected chi connectivity index (χ1v) is 8.78. The van der Waals surface area contributed by atoms with E-state index in [1.807, 2.05) is 32.9 Å². The molecule has 3 aromatic rings. The Morgan fingerprint density at radius 1 is 1.29 bits per heavy atom. The summed E-state index contributed by atoms with van der Waals surface area (Å²) in [6.45, 7) is 8.25. The van der Waals surface area contributed by atoms with E-state index in [0.29, 0.717) is 23.3 Å². The van der Waals surface area contributed by atoms with E-state index in [2.05, 4.69) is 26.2 Å². The SMILES string of the molecule is Cc1ccc2[nH]c3nc(SC(C)C(=O)OCC(C)C)nnc3c2c1. The number of rotatable bonds is 5. The molecule has 0 saturated carbocycles. The van der Waals surface area contributed by atoms with Crippen molar-refractivity contribution in [1.82, 2.24) is 20.2 Å². The summed E-state index contributed by atoms with van der Waals surface area (Å²) in [5, 5.41) is 9.51. The van der Waals surface area contributed by atoms with Crippen LogP contribution in [-0.4, -0.2) is 38.0 Å². The maximum absolute atomic E-state index is 12.0. The van der Waals surface area contributed by atoms with Crippen molar-refractivity contribution < 1.29 is 9.53 Å². The van der Waals surface area contributed by atoms with Gasteiger partial charge in [0.05, 0.1) is 6.61 Å². The third-order valence-corrected chi connectivity index (χ3v) is 4.45. The number of benzene rings is 1. The Balaban J connectivity index is 1.80. The second-order valence-corrected chi connectivity index (χ2v) is 7.56. The molecule has 2 heterocycles. The highest BCUT2D eigenvalue weighted by Gasteiger charge is 2.19. The molecule has 0 amide bonds. The number of aromatic nitrogens is 4. The zero-order chi connectivity index (χ0) is 17.3. The minimum Gasteiger partial charge on any atom is -0.465 e. The minimum absolute atomic E-state index is 0.260. The molecule has 1 N–H and O–H groups in total. The van der Waals surface area contributed by atoms with Crippen LogP contribution >= 0.6 is 11.8 Å². The molecule has 3 rings (SSSR count). The average Bonchev–Trinajstić information content (AvgIpc) is 2.89. The zero-order valence-corrected chi connectivity index (χ0v) is 15.0. The van der Waals surface area contributed by atoms with Crippen molar-refractivity contribution >= 4 is 39.8 Å². The molecule has 0 radical (unpaired) electrons. The monoisotopic (exact) mass is 344 g/mol. The Hall–Kier alpha value is -2.15. The van der Waals surface area contributed by atoms with Gasteiger partial charge in [0.2, 0.25) is 5.16 Å². The topological polar surface area (TPSA) is 80.8 Å². The Labute approximate surface area is 144 Å². The predicted octanol–water partition coefficient (Wildman–Crippen LogP) is 3.49. The van der Waals surface area contributed by atoms with Crippen molar-refractivity contribution in [2.75, 3.05) is 6.61 Å². The van der Waals surface area contributed by atoms with Crippen molar-refractivity contribution in [3.8, 4) is 0 Å². The molecule has 0 aliphatic carbocycles. The minimum atomic E-state index is -0.380. The molecule has 6 nitrogen and oxygen atoms in total. The van der Waals surface area contributed by atoms with Crippen LogP contribution in [0.3, 0.4) is 0 Å². The van der Waals surface area contributed by atoms with E-state index in [1.54, 1.807) is 6.92 Å². The van der Waals surface area contributed by atoms with Gasteiger partial charge >= 0.3 is 5.97 Å². The van der Waals surface area contributed by atoms with E-state index >= 15 is 0 Å². The number of hydrogen-bond acceptors (Lipinski definition) is 6. The lowest BCUT2D eigenvalue weighted by Gasteiger charge is -2.11. The summed E-state index contributed by atoms with van der Waals surface area (Å²) >= 11 is 1.25. The van der Waals surface area contributed by atoms with Gasteiger partial charge in [-0.05, 0) is 31.9 Å². The molecule has 7 heteroatoms. The number of hydrogen-bond donors (Lipinski definition) is 1. The molecule has 126 valence electrons. The Bertz CT molecular complexity index is 891. The van der Waals surface area contributed by atoms with Crippen LogP contribution in [-0.2, 0) is 9.53 Å². The third-order valence-electron chi connectivity index (χ3n) is 3.52. The number of carbonyl (C=O) groups excluding carboxylic acids is 1. The van der Waals surface area contributed by atoms with E-state index in [9.17, 15) is 4.79 Å². The van der Waals surface area contributed by atoms with Crippen LogP contribution in [0.2, 0.25) is 0 Å². The molecule has 24 heavy (non-hydrogen) atoms. The van der Waals surface area contributed by atoms with Crippen LogP contribution in [0.4, 0.5) is 0 Å². The van der Waals surface area contributed by atoms with Crippen LogP contribution in [0.1, 0.15) is 26.3 Å². The van der Waals surface area contributed by atoms with E-state index in [4.69, 9.17) is 4.74 Å². The van der Waals surface area contributed by atoms with Gasteiger partial charge in [-0.1, -0.05) is 37.2 Å². The number of nitrogens with one attached hydrogen (secondary N) is 1. The predicted molar refractivity (Wildman–Crippen MR) is 95.0 cm³/mol. The fourth-order valence-corrected chi connectivity index (χ4v) is 3.00. The van der Waals surface area contributed by atoms with Crippen LogP contribution in [0.5, 0.6) is 0 Å². The zero-order valence-electron chi connectivity index (χ0n) is 14.2. The quantitative estimate of drug-likeness (QED) is 0.563. The van der Waals surface area contributed by atoms with Gasteiger partial charge in [-0.15, -0.1) is 10.2 Å². The summed E-state index contributed by atoms with van der Waals surface area (Å²) in [7, 11) is 0. The van der Waals surface area contributed by atoms with Gasteiger partial charge in [-0.3, -0.25) is 4.79 Å². The number of fused-ring (bicyclic) bond motifs is 3. The molecule has 0 saturated heterocycles. The van der Waals surface area contributed by atoms with Crippen molar-refractivity contribution in [1.29, 1.82) is 0 Å². The van der Waals surface area contributed by atoms with Gasteiger partial charge in [-0.25, -0.2) is 4.98 Å². The maximum Gasteiger partial charge on any atom is 0.319 e. The number of aromatic amines is 1. The number of esters is 1. The molecule has 1 atom stereocenters. The standard InChI is InChI=1S/C17H20N4O2S/c1-9(2)8-23-16(22)11(4)24-17-19-15-14(20-21-17)12-7-10(3)5-6-13(12)18-15/h5-7,9,11H,8H2,1-4H3,(H,18,19,21). The lowest BCUT2D eigenvalue weighted by atomic mass is 10.2. The Morgan fingerprint density at radius 2 is 2.08 bits per heavy atom. The van der Waals surface area contributed by atoms with Crippen LogP contribution in [0, 0.1) is 12.8 Å². The summed E-state index contributed by atoms with van der Waals surface area (Å²) in [4.78, 5) is 19.7. The second-order valence-electron chi connectivity index (χ2n) is 6.25. The van der Waals surface area contributed by atoms with E-state index in [0.717, 1.165) is 22.0 Å². The second kappa shape index (κ2) is 6.76. The Morgan fingerprint density at radius 3 is 2.83 bits per heavy atom. The van der Waals surface area contributed by atoms with Crippen molar-refractivity contribution in [3.63, 3.8) is 0 Å². The molecule has 0 fully saturated rings. The first-order chi connectivity index (χ1) is 11.4. The van der Waals surface area contributed by atoms with Gasteiger partial charge in [0.15, 0.2) is 5.65 Å². The largest absolute Gasteiger partial charge is 0.465 e. The van der Waals surface area contributed by atoms with Crippen molar-refractivity contribution in [3.05, 3.63) is 23.8 Å². The highest BCUT2D eigenvalue weighted by molar-refractivity contribution is 8.00. The van der Waals surface area contributed by atoms with E-state index < -0.39 is 0 Å². The third kappa shape index (κ3) is 3.51. The van der Waals surface area contributed by atoms with Crippen LogP contribution < -0.4 is 0 Å². The van der Waals surface area contributed by atoms with Crippen molar-refractivity contribution in [2.45, 2.75) is 38.1 Å². The molecule has 0 bridgehead atoms. The van der Waals surface area contributed by atoms with Crippen LogP contribution in [0.15, 0.2) is 23.4 Å². The fourth-order valence-electron chi connectivity index (χ4n) is 2.29. The fraction of sp³-hybridized carbons (Fsp3) is 0.412. The Kier molecular flexibility index (Phi) is 4.71. The lowest BCUT2D eigenvalue weighted by molar-refractivity contribution is -0.143. The van der Waals surface area contributed by atoms with Gasteiger partial charge in [-0.2, -0.15) is 0 Å². The molecule has 0 aliphatic heterocycles. The summed E-state index contributed by atoms with van der Waals surface area (Å²) in [6, 6.07) is 6.10. The average molecular weight is 344 g/mol. The maximum atomic E-state index is 12.0. The van der Waals surface area contributed by atoms with Gasteiger partial charge in [0, 0.05) is 10.9 Å². The number of nitrogens with zero attached hydrogens (tertiary/aromatic N) is 3. The number of carbonyl (C=O) groups is 1. The molecule has 2 aromatic heterocycles.